The minimum atomic E-state index is 0.0170. The van der Waals surface area contributed by atoms with Crippen LogP contribution in [0.25, 0.3) is 15.3 Å². The monoisotopic (exact) mass is 331 g/mol. The van der Waals surface area contributed by atoms with E-state index in [1.165, 1.54) is 42.6 Å². The lowest BCUT2D eigenvalue weighted by atomic mass is 9.97. The highest BCUT2D eigenvalue weighted by Gasteiger charge is 2.15. The first kappa shape index (κ1) is 14.0. The molecule has 0 spiro atoms. The van der Waals surface area contributed by atoms with Gasteiger partial charge in [0.15, 0.2) is 4.96 Å². The summed E-state index contributed by atoms with van der Waals surface area (Å²) >= 11 is 3.08. The van der Waals surface area contributed by atoms with Crippen LogP contribution in [-0.4, -0.2) is 21.8 Å². The molecule has 3 heterocycles. The van der Waals surface area contributed by atoms with Gasteiger partial charge in [0.1, 0.15) is 4.83 Å². The maximum absolute atomic E-state index is 12.3. The van der Waals surface area contributed by atoms with Crippen LogP contribution in [-0.2, 0) is 0 Å². The molecular formula is C16H17N3OS2. The van der Waals surface area contributed by atoms with Gasteiger partial charge in [0, 0.05) is 18.1 Å². The van der Waals surface area contributed by atoms with Crippen LogP contribution in [0.5, 0.6) is 0 Å². The molecule has 0 bridgehead atoms. The van der Waals surface area contributed by atoms with Crippen molar-refractivity contribution < 1.29 is 4.79 Å². The number of nitrogens with zero attached hydrogens (tertiary/aromatic N) is 2. The van der Waals surface area contributed by atoms with Crippen LogP contribution in [0.2, 0.25) is 0 Å². The molecule has 22 heavy (non-hydrogen) atoms. The van der Waals surface area contributed by atoms with Gasteiger partial charge in [-0.05, 0) is 38.2 Å². The van der Waals surface area contributed by atoms with E-state index in [0.717, 1.165) is 33.2 Å². The number of nitrogens with one attached hydrogen (secondary N) is 1. The van der Waals surface area contributed by atoms with Crippen molar-refractivity contribution in [2.24, 2.45) is 0 Å². The van der Waals surface area contributed by atoms with E-state index in [1.807, 2.05) is 22.0 Å². The molecule has 1 aliphatic carbocycles. The summed E-state index contributed by atoms with van der Waals surface area (Å²) in [4.78, 5) is 19.5. The van der Waals surface area contributed by atoms with Crippen molar-refractivity contribution in [2.45, 2.75) is 32.1 Å². The molecule has 0 atom stereocenters. The van der Waals surface area contributed by atoms with E-state index in [2.05, 4.69) is 16.4 Å². The number of carbonyl (C=O) groups is 1. The SMILES string of the molecule is O=C(NCCC1=CCCCC1)c1cc2c(nc3sccn32)s1. The van der Waals surface area contributed by atoms with Crippen molar-refractivity contribution in [3.8, 4) is 0 Å². The molecular weight excluding hydrogens is 314 g/mol. The van der Waals surface area contributed by atoms with Crippen molar-refractivity contribution in [1.29, 1.82) is 0 Å². The summed E-state index contributed by atoms with van der Waals surface area (Å²) in [6, 6.07) is 1.95. The van der Waals surface area contributed by atoms with Gasteiger partial charge >= 0.3 is 0 Å². The predicted molar refractivity (Wildman–Crippen MR) is 92.0 cm³/mol. The summed E-state index contributed by atoms with van der Waals surface area (Å²) in [6.07, 6.45) is 10.3. The highest BCUT2D eigenvalue weighted by Crippen LogP contribution is 2.28. The molecule has 0 fully saturated rings. The third-order valence-corrected chi connectivity index (χ3v) is 5.85. The van der Waals surface area contributed by atoms with Crippen LogP contribution in [0.4, 0.5) is 0 Å². The standard InChI is InChI=1S/C16H17N3OS2/c20-14(17-7-6-11-4-2-1-3-5-11)13-10-12-15(22-13)18-16-19(12)8-9-21-16/h4,8-10H,1-3,5-7H2,(H,17,20). The van der Waals surface area contributed by atoms with E-state index in [9.17, 15) is 4.79 Å². The zero-order valence-electron chi connectivity index (χ0n) is 12.2. The minimum absolute atomic E-state index is 0.0170. The Bertz CT molecular complexity index is 855. The number of allylic oxidation sites excluding steroid dienone is 1. The van der Waals surface area contributed by atoms with Crippen molar-refractivity contribution in [2.75, 3.05) is 6.54 Å². The van der Waals surface area contributed by atoms with E-state index >= 15 is 0 Å². The van der Waals surface area contributed by atoms with Crippen molar-refractivity contribution in [3.63, 3.8) is 0 Å². The fraction of sp³-hybridized carbons (Fsp3) is 0.375. The molecule has 4 rings (SSSR count). The molecule has 1 amide bonds. The van der Waals surface area contributed by atoms with Gasteiger partial charge in [0.05, 0.1) is 10.4 Å². The summed E-state index contributed by atoms with van der Waals surface area (Å²) < 4.78 is 2.04. The van der Waals surface area contributed by atoms with Crippen LogP contribution >= 0.6 is 22.7 Å². The first-order chi connectivity index (χ1) is 10.8. The lowest BCUT2D eigenvalue weighted by molar-refractivity contribution is 0.0958. The van der Waals surface area contributed by atoms with Gasteiger partial charge in [-0.15, -0.1) is 22.7 Å². The molecule has 0 aliphatic heterocycles. The van der Waals surface area contributed by atoms with Crippen LogP contribution in [0.1, 0.15) is 41.8 Å². The van der Waals surface area contributed by atoms with E-state index < -0.39 is 0 Å². The number of hydrogen-bond acceptors (Lipinski definition) is 4. The Hall–Kier alpha value is -1.66. The highest BCUT2D eigenvalue weighted by atomic mass is 32.1. The number of imidazole rings is 1. The van der Waals surface area contributed by atoms with Crippen molar-refractivity contribution in [1.82, 2.24) is 14.7 Å². The fourth-order valence-corrected chi connectivity index (χ4v) is 4.63. The van der Waals surface area contributed by atoms with Crippen LogP contribution in [0.3, 0.4) is 0 Å². The highest BCUT2D eigenvalue weighted by molar-refractivity contribution is 7.21. The second kappa shape index (κ2) is 5.85. The van der Waals surface area contributed by atoms with Gasteiger partial charge in [-0.25, -0.2) is 4.98 Å². The Labute approximate surface area is 136 Å². The topological polar surface area (TPSA) is 46.4 Å². The maximum Gasteiger partial charge on any atom is 0.261 e. The molecule has 1 aliphatic rings. The fourth-order valence-electron chi connectivity index (χ4n) is 2.91. The van der Waals surface area contributed by atoms with Gasteiger partial charge in [0.2, 0.25) is 0 Å². The van der Waals surface area contributed by atoms with E-state index in [1.54, 1.807) is 11.3 Å². The summed E-state index contributed by atoms with van der Waals surface area (Å²) in [7, 11) is 0. The molecule has 4 nitrogen and oxygen atoms in total. The van der Waals surface area contributed by atoms with Gasteiger partial charge in [0.25, 0.3) is 5.91 Å². The largest absolute Gasteiger partial charge is 0.351 e. The van der Waals surface area contributed by atoms with Crippen LogP contribution in [0, 0.1) is 0 Å². The Morgan fingerprint density at radius 3 is 3.23 bits per heavy atom. The molecule has 114 valence electrons. The minimum Gasteiger partial charge on any atom is -0.351 e. The number of amides is 1. The first-order valence-electron chi connectivity index (χ1n) is 7.62. The first-order valence-corrected chi connectivity index (χ1v) is 9.32. The number of aromatic nitrogens is 2. The summed E-state index contributed by atoms with van der Waals surface area (Å²) in [5.74, 6) is 0.0170. The molecule has 0 aromatic carbocycles. The van der Waals surface area contributed by atoms with Gasteiger partial charge < -0.3 is 5.32 Å². The zero-order chi connectivity index (χ0) is 14.9. The Morgan fingerprint density at radius 1 is 1.41 bits per heavy atom. The van der Waals surface area contributed by atoms with Crippen molar-refractivity contribution in [3.05, 3.63) is 34.2 Å². The molecule has 0 radical (unpaired) electrons. The van der Waals surface area contributed by atoms with Crippen molar-refractivity contribution >= 4 is 43.9 Å². The summed E-state index contributed by atoms with van der Waals surface area (Å²) in [6.45, 7) is 0.723. The molecule has 1 N–H and O–H groups in total. The summed E-state index contributed by atoms with van der Waals surface area (Å²) in [5, 5.41) is 5.05. The number of carbonyl (C=O) groups excluding carboxylic acids is 1. The predicted octanol–water partition coefficient (Wildman–Crippen LogP) is 4.23. The number of thiazole rings is 1. The number of rotatable bonds is 4. The van der Waals surface area contributed by atoms with E-state index in [4.69, 9.17) is 0 Å². The molecule has 0 saturated heterocycles. The third kappa shape index (κ3) is 2.57. The molecule has 0 unspecified atom stereocenters. The number of thiophene rings is 1. The Morgan fingerprint density at radius 2 is 2.36 bits per heavy atom. The average molecular weight is 331 g/mol. The molecule has 3 aromatic rings. The quantitative estimate of drug-likeness (QED) is 0.727. The van der Waals surface area contributed by atoms with Gasteiger partial charge in [-0.3, -0.25) is 9.20 Å². The lowest BCUT2D eigenvalue weighted by Gasteiger charge is -2.12. The average Bonchev–Trinajstić information content (AvgIpc) is 3.19. The third-order valence-electron chi connectivity index (χ3n) is 4.08. The molecule has 6 heteroatoms. The lowest BCUT2D eigenvalue weighted by Crippen LogP contribution is -2.24. The smallest absolute Gasteiger partial charge is 0.261 e. The maximum atomic E-state index is 12.3. The van der Waals surface area contributed by atoms with Gasteiger partial charge in [-0.1, -0.05) is 11.6 Å². The zero-order valence-corrected chi connectivity index (χ0v) is 13.8. The normalized spacial score (nSPS) is 15.4. The van der Waals surface area contributed by atoms with Crippen LogP contribution < -0.4 is 5.32 Å². The number of fused-ring (bicyclic) bond motifs is 3. The van der Waals surface area contributed by atoms with Gasteiger partial charge in [-0.2, -0.15) is 0 Å². The molecule has 3 aromatic heterocycles. The van der Waals surface area contributed by atoms with Crippen LogP contribution in [0.15, 0.2) is 29.3 Å². The van der Waals surface area contributed by atoms with E-state index in [-0.39, 0.29) is 5.91 Å². The second-order valence-electron chi connectivity index (χ2n) is 5.58. The molecule has 0 saturated carbocycles. The summed E-state index contributed by atoms with van der Waals surface area (Å²) in [5.41, 5.74) is 2.52. The number of hydrogen-bond donors (Lipinski definition) is 1. The Kier molecular flexibility index (Phi) is 3.72. The second-order valence-corrected chi connectivity index (χ2v) is 7.49. The van der Waals surface area contributed by atoms with E-state index in [0.29, 0.717) is 0 Å². The Balaban J connectivity index is 1.43.